The molecule has 0 fully saturated rings. The summed E-state index contributed by atoms with van der Waals surface area (Å²) in [5.74, 6) is -0.0560. The molecule has 18 heavy (non-hydrogen) atoms. The zero-order valence-electron chi connectivity index (χ0n) is 10.6. The van der Waals surface area contributed by atoms with E-state index in [1.807, 2.05) is 0 Å². The number of halogens is 3. The first-order valence-corrected chi connectivity index (χ1v) is 5.66. The lowest BCUT2D eigenvalue weighted by molar-refractivity contribution is -0.138. The van der Waals surface area contributed by atoms with E-state index in [4.69, 9.17) is 0 Å². The summed E-state index contributed by atoms with van der Waals surface area (Å²) in [5.41, 5.74) is -1.16. The second kappa shape index (κ2) is 5.08. The molecular weight excluding hydrogens is 243 g/mol. The zero-order chi connectivity index (χ0) is 14.0. The second-order valence-electron chi connectivity index (χ2n) is 5.20. The Labute approximate surface area is 104 Å². The Balaban J connectivity index is 2.84. The van der Waals surface area contributed by atoms with E-state index < -0.39 is 17.2 Å². The van der Waals surface area contributed by atoms with Crippen molar-refractivity contribution in [1.82, 2.24) is 4.98 Å². The van der Waals surface area contributed by atoms with Crippen LogP contribution < -0.4 is 0 Å². The van der Waals surface area contributed by atoms with Gasteiger partial charge in [-0.25, -0.2) is 0 Å². The number of carbonyl (C=O) groups is 1. The summed E-state index contributed by atoms with van der Waals surface area (Å²) in [5, 5.41) is 0. The lowest BCUT2D eigenvalue weighted by Gasteiger charge is -2.17. The van der Waals surface area contributed by atoms with Gasteiger partial charge in [0.2, 0.25) is 0 Å². The van der Waals surface area contributed by atoms with Gasteiger partial charge in [0.15, 0.2) is 0 Å². The van der Waals surface area contributed by atoms with Crippen molar-refractivity contribution in [3.05, 3.63) is 29.6 Å². The first kappa shape index (κ1) is 14.7. The smallest absolute Gasteiger partial charge is 0.299 e. The van der Waals surface area contributed by atoms with Crippen molar-refractivity contribution >= 4 is 5.78 Å². The number of ketones is 1. The van der Waals surface area contributed by atoms with Crippen LogP contribution in [-0.4, -0.2) is 10.8 Å². The molecular formula is C13H16F3NO. The molecule has 0 spiro atoms. The van der Waals surface area contributed by atoms with Crippen molar-refractivity contribution in [2.75, 3.05) is 0 Å². The Morgan fingerprint density at radius 2 is 1.89 bits per heavy atom. The number of pyridine rings is 1. The molecule has 1 aromatic heterocycles. The molecule has 1 aromatic rings. The third kappa shape index (κ3) is 3.82. The SMILES string of the molecule is CC(C)(C)C(=O)CCc1cnccc1C(F)(F)F. The van der Waals surface area contributed by atoms with Gasteiger partial charge in [-0.3, -0.25) is 9.78 Å². The van der Waals surface area contributed by atoms with E-state index in [0.717, 1.165) is 12.3 Å². The maximum atomic E-state index is 12.7. The summed E-state index contributed by atoms with van der Waals surface area (Å²) in [6.45, 7) is 5.26. The molecule has 1 rings (SSSR count). The van der Waals surface area contributed by atoms with Gasteiger partial charge >= 0.3 is 6.18 Å². The van der Waals surface area contributed by atoms with Crippen molar-refractivity contribution in [3.63, 3.8) is 0 Å². The fourth-order valence-electron chi connectivity index (χ4n) is 1.53. The minimum atomic E-state index is -4.40. The van der Waals surface area contributed by atoms with Gasteiger partial charge in [0, 0.05) is 24.2 Å². The summed E-state index contributed by atoms with van der Waals surface area (Å²) in [6.07, 6.45) is -1.95. The molecule has 0 amide bonds. The first-order chi connectivity index (χ1) is 8.12. The number of aromatic nitrogens is 1. The molecule has 0 saturated heterocycles. The molecule has 0 saturated carbocycles. The number of hydrogen-bond donors (Lipinski definition) is 0. The van der Waals surface area contributed by atoms with Crippen molar-refractivity contribution in [1.29, 1.82) is 0 Å². The minimum absolute atomic E-state index is 0.0560. The lowest BCUT2D eigenvalue weighted by Crippen LogP contribution is -2.21. The highest BCUT2D eigenvalue weighted by Crippen LogP contribution is 2.32. The van der Waals surface area contributed by atoms with Crippen LogP contribution >= 0.6 is 0 Å². The van der Waals surface area contributed by atoms with Crippen LogP contribution in [0.3, 0.4) is 0 Å². The number of rotatable bonds is 3. The van der Waals surface area contributed by atoms with Crippen molar-refractivity contribution in [3.8, 4) is 0 Å². The van der Waals surface area contributed by atoms with Crippen LogP contribution in [0.4, 0.5) is 13.2 Å². The fraction of sp³-hybridized carbons (Fsp3) is 0.538. The first-order valence-electron chi connectivity index (χ1n) is 5.66. The maximum absolute atomic E-state index is 12.7. The van der Waals surface area contributed by atoms with E-state index in [0.29, 0.717) is 0 Å². The van der Waals surface area contributed by atoms with Gasteiger partial charge in [0.25, 0.3) is 0 Å². The number of alkyl halides is 3. The Bertz CT molecular complexity index is 433. The van der Waals surface area contributed by atoms with Gasteiger partial charge in [-0.1, -0.05) is 20.8 Å². The number of Topliss-reactive ketones (excluding diaryl/α,β-unsaturated/α-hetero) is 1. The van der Waals surface area contributed by atoms with Crippen molar-refractivity contribution < 1.29 is 18.0 Å². The zero-order valence-corrected chi connectivity index (χ0v) is 10.6. The number of carbonyl (C=O) groups excluding carboxylic acids is 1. The maximum Gasteiger partial charge on any atom is 0.416 e. The predicted octanol–water partition coefficient (Wildman–Crippen LogP) is 3.65. The predicted molar refractivity (Wildman–Crippen MR) is 62.0 cm³/mol. The van der Waals surface area contributed by atoms with E-state index in [1.54, 1.807) is 20.8 Å². The molecule has 0 aliphatic carbocycles. The molecule has 0 radical (unpaired) electrons. The average Bonchev–Trinajstić information content (AvgIpc) is 2.23. The van der Waals surface area contributed by atoms with Gasteiger partial charge in [-0.05, 0) is 18.1 Å². The van der Waals surface area contributed by atoms with E-state index in [1.165, 1.54) is 6.20 Å². The highest BCUT2D eigenvalue weighted by atomic mass is 19.4. The van der Waals surface area contributed by atoms with Gasteiger partial charge in [0.05, 0.1) is 5.56 Å². The van der Waals surface area contributed by atoms with E-state index in [9.17, 15) is 18.0 Å². The molecule has 0 unspecified atom stereocenters. The van der Waals surface area contributed by atoms with Gasteiger partial charge in [0.1, 0.15) is 5.78 Å². The highest BCUT2D eigenvalue weighted by Gasteiger charge is 2.33. The molecule has 0 N–H and O–H groups in total. The molecule has 5 heteroatoms. The lowest BCUT2D eigenvalue weighted by atomic mass is 9.87. The Morgan fingerprint density at radius 1 is 1.28 bits per heavy atom. The molecule has 1 heterocycles. The van der Waals surface area contributed by atoms with Crippen LogP contribution in [0.2, 0.25) is 0 Å². The van der Waals surface area contributed by atoms with E-state index in [-0.39, 0.29) is 24.2 Å². The Hall–Kier alpha value is -1.39. The quantitative estimate of drug-likeness (QED) is 0.829. The van der Waals surface area contributed by atoms with Crippen LogP contribution in [0.15, 0.2) is 18.5 Å². The molecule has 0 aromatic carbocycles. The van der Waals surface area contributed by atoms with Crippen LogP contribution in [0, 0.1) is 5.41 Å². The van der Waals surface area contributed by atoms with Crippen LogP contribution in [0.25, 0.3) is 0 Å². The minimum Gasteiger partial charge on any atom is -0.299 e. The third-order valence-electron chi connectivity index (χ3n) is 2.67. The van der Waals surface area contributed by atoms with Crippen LogP contribution in [-0.2, 0) is 17.4 Å². The second-order valence-corrected chi connectivity index (χ2v) is 5.20. The summed E-state index contributed by atoms with van der Waals surface area (Å²) < 4.78 is 38.1. The molecule has 0 aliphatic rings. The summed E-state index contributed by atoms with van der Waals surface area (Å²) in [7, 11) is 0. The van der Waals surface area contributed by atoms with E-state index in [2.05, 4.69) is 4.98 Å². The summed E-state index contributed by atoms with van der Waals surface area (Å²) in [4.78, 5) is 15.4. The summed E-state index contributed by atoms with van der Waals surface area (Å²) >= 11 is 0. The molecule has 0 atom stereocenters. The molecule has 0 aliphatic heterocycles. The average molecular weight is 259 g/mol. The normalized spacial score (nSPS) is 12.6. The number of aryl methyl sites for hydroxylation is 1. The number of nitrogens with zero attached hydrogens (tertiary/aromatic N) is 1. The summed E-state index contributed by atoms with van der Waals surface area (Å²) in [6, 6.07) is 0.941. The Kier molecular flexibility index (Phi) is 4.14. The van der Waals surface area contributed by atoms with Gasteiger partial charge < -0.3 is 0 Å². The largest absolute Gasteiger partial charge is 0.416 e. The van der Waals surface area contributed by atoms with Crippen molar-refractivity contribution in [2.45, 2.75) is 39.8 Å². The highest BCUT2D eigenvalue weighted by molar-refractivity contribution is 5.83. The van der Waals surface area contributed by atoms with Gasteiger partial charge in [-0.15, -0.1) is 0 Å². The van der Waals surface area contributed by atoms with Crippen LogP contribution in [0.1, 0.15) is 38.3 Å². The van der Waals surface area contributed by atoms with E-state index >= 15 is 0 Å². The fourth-order valence-corrected chi connectivity index (χ4v) is 1.53. The third-order valence-corrected chi connectivity index (χ3v) is 2.67. The van der Waals surface area contributed by atoms with Crippen molar-refractivity contribution in [2.24, 2.45) is 5.41 Å². The Morgan fingerprint density at radius 3 is 2.39 bits per heavy atom. The molecule has 2 nitrogen and oxygen atoms in total. The number of hydrogen-bond acceptors (Lipinski definition) is 2. The monoisotopic (exact) mass is 259 g/mol. The van der Waals surface area contributed by atoms with Crippen LogP contribution in [0.5, 0.6) is 0 Å². The molecule has 0 bridgehead atoms. The molecule has 100 valence electrons. The van der Waals surface area contributed by atoms with Gasteiger partial charge in [-0.2, -0.15) is 13.2 Å². The standard InChI is InChI=1S/C13H16F3NO/c1-12(2,3)11(18)5-4-9-8-17-7-6-10(9)13(14,15)16/h6-8H,4-5H2,1-3H3. The topological polar surface area (TPSA) is 30.0 Å².